The zero-order valence-electron chi connectivity index (χ0n) is 6.13. The van der Waals surface area contributed by atoms with Gasteiger partial charge in [0.15, 0.2) is 0 Å². The maximum atomic E-state index is 5.51. The first kappa shape index (κ1) is 7.03. The van der Waals surface area contributed by atoms with Gasteiger partial charge in [0.05, 0.1) is 12.2 Å². The van der Waals surface area contributed by atoms with Gasteiger partial charge >= 0.3 is 0 Å². The molecule has 0 saturated carbocycles. The van der Waals surface area contributed by atoms with E-state index in [1.54, 1.807) is 0 Å². The smallest absolute Gasteiger partial charge is 0.0591 e. The van der Waals surface area contributed by atoms with Crippen molar-refractivity contribution in [3.8, 4) is 0 Å². The largest absolute Gasteiger partial charge is 0.375 e. The molecule has 0 amide bonds. The van der Waals surface area contributed by atoms with Crippen LogP contribution in [0.25, 0.3) is 0 Å². The second-order valence-electron chi connectivity index (χ2n) is 2.88. The SMILES string of the molecule is C[C@@H]1C[C@H](CN)[C@H](C)O1. The highest BCUT2D eigenvalue weighted by atomic mass is 16.5. The second-order valence-corrected chi connectivity index (χ2v) is 2.88. The Labute approximate surface area is 56.4 Å². The zero-order chi connectivity index (χ0) is 6.85. The van der Waals surface area contributed by atoms with Crippen LogP contribution in [0.1, 0.15) is 20.3 Å². The minimum atomic E-state index is 0.380. The predicted octanol–water partition coefficient (Wildman–Crippen LogP) is 0.759. The van der Waals surface area contributed by atoms with Crippen LogP contribution in [0.15, 0.2) is 0 Å². The summed E-state index contributed by atoms with van der Waals surface area (Å²) in [7, 11) is 0. The first-order valence-electron chi connectivity index (χ1n) is 3.59. The van der Waals surface area contributed by atoms with E-state index < -0.39 is 0 Å². The minimum Gasteiger partial charge on any atom is -0.375 e. The van der Waals surface area contributed by atoms with E-state index in [-0.39, 0.29) is 0 Å². The lowest BCUT2D eigenvalue weighted by molar-refractivity contribution is 0.0570. The van der Waals surface area contributed by atoms with Gasteiger partial charge in [0.25, 0.3) is 0 Å². The maximum Gasteiger partial charge on any atom is 0.0591 e. The van der Waals surface area contributed by atoms with Gasteiger partial charge in [-0.2, -0.15) is 0 Å². The number of hydrogen-bond donors (Lipinski definition) is 1. The van der Waals surface area contributed by atoms with Gasteiger partial charge in [-0.25, -0.2) is 0 Å². The number of hydrogen-bond acceptors (Lipinski definition) is 2. The zero-order valence-corrected chi connectivity index (χ0v) is 6.13. The molecule has 1 saturated heterocycles. The predicted molar refractivity (Wildman–Crippen MR) is 37.2 cm³/mol. The highest BCUT2D eigenvalue weighted by Gasteiger charge is 2.27. The summed E-state index contributed by atoms with van der Waals surface area (Å²) in [5.74, 6) is 0.597. The molecule has 1 heterocycles. The molecule has 0 radical (unpaired) electrons. The quantitative estimate of drug-likeness (QED) is 0.567. The van der Waals surface area contributed by atoms with Crippen molar-refractivity contribution in [2.45, 2.75) is 32.5 Å². The Bertz CT molecular complexity index is 94.9. The molecule has 9 heavy (non-hydrogen) atoms. The van der Waals surface area contributed by atoms with Crippen LogP contribution in [0, 0.1) is 5.92 Å². The fourth-order valence-corrected chi connectivity index (χ4v) is 1.44. The van der Waals surface area contributed by atoms with E-state index in [2.05, 4.69) is 13.8 Å². The third-order valence-electron chi connectivity index (χ3n) is 2.05. The Kier molecular flexibility index (Phi) is 2.09. The molecule has 0 aromatic rings. The molecule has 2 N–H and O–H groups in total. The Balaban J connectivity index is 2.38. The van der Waals surface area contributed by atoms with Crippen LogP contribution in [0.2, 0.25) is 0 Å². The topological polar surface area (TPSA) is 35.2 Å². The lowest BCUT2D eigenvalue weighted by Crippen LogP contribution is -2.20. The molecule has 0 spiro atoms. The number of nitrogens with two attached hydrogens (primary N) is 1. The molecule has 0 aliphatic carbocycles. The van der Waals surface area contributed by atoms with Crippen LogP contribution in [0.3, 0.4) is 0 Å². The lowest BCUT2D eigenvalue weighted by Gasteiger charge is -2.09. The van der Waals surface area contributed by atoms with Crippen molar-refractivity contribution in [2.24, 2.45) is 11.7 Å². The maximum absolute atomic E-state index is 5.51. The van der Waals surface area contributed by atoms with Crippen LogP contribution < -0.4 is 5.73 Å². The van der Waals surface area contributed by atoms with Gasteiger partial charge in [-0.1, -0.05) is 0 Å². The highest BCUT2D eigenvalue weighted by molar-refractivity contribution is 4.77. The molecule has 1 rings (SSSR count). The second kappa shape index (κ2) is 2.67. The summed E-state index contributed by atoms with van der Waals surface area (Å²) in [6.45, 7) is 4.97. The summed E-state index contributed by atoms with van der Waals surface area (Å²) in [4.78, 5) is 0. The van der Waals surface area contributed by atoms with Crippen LogP contribution in [-0.2, 0) is 4.74 Å². The van der Waals surface area contributed by atoms with Crippen LogP contribution in [0.4, 0.5) is 0 Å². The standard InChI is InChI=1S/C7H15NO/c1-5-3-7(4-8)6(2)9-5/h5-7H,3-4,8H2,1-2H3/t5-,6+,7-/m1/s1. The Morgan fingerprint density at radius 3 is 2.44 bits per heavy atom. The molecule has 2 nitrogen and oxygen atoms in total. The average Bonchev–Trinajstić information content (AvgIpc) is 2.10. The molecule has 3 atom stereocenters. The van der Waals surface area contributed by atoms with Crippen molar-refractivity contribution in [1.29, 1.82) is 0 Å². The lowest BCUT2D eigenvalue weighted by atomic mass is 10.0. The molecule has 1 fully saturated rings. The molecule has 0 unspecified atom stereocenters. The average molecular weight is 129 g/mol. The summed E-state index contributed by atoms with van der Waals surface area (Å²) in [6.07, 6.45) is 1.94. The molecule has 0 aromatic heterocycles. The minimum absolute atomic E-state index is 0.380. The van der Waals surface area contributed by atoms with E-state index >= 15 is 0 Å². The summed E-state index contributed by atoms with van der Waals surface area (Å²) in [6, 6.07) is 0. The van der Waals surface area contributed by atoms with Gasteiger partial charge in [-0.3, -0.25) is 0 Å². The van der Waals surface area contributed by atoms with E-state index in [4.69, 9.17) is 10.5 Å². The third-order valence-corrected chi connectivity index (χ3v) is 2.05. The van der Waals surface area contributed by atoms with Crippen LogP contribution in [0.5, 0.6) is 0 Å². The number of rotatable bonds is 1. The van der Waals surface area contributed by atoms with Crippen molar-refractivity contribution in [3.05, 3.63) is 0 Å². The van der Waals surface area contributed by atoms with Crippen molar-refractivity contribution >= 4 is 0 Å². The van der Waals surface area contributed by atoms with E-state index in [1.165, 1.54) is 0 Å². The van der Waals surface area contributed by atoms with Crippen molar-refractivity contribution < 1.29 is 4.74 Å². The van der Waals surface area contributed by atoms with Gasteiger partial charge in [-0.15, -0.1) is 0 Å². The molecule has 1 aliphatic heterocycles. The van der Waals surface area contributed by atoms with Crippen molar-refractivity contribution in [2.75, 3.05) is 6.54 Å². The summed E-state index contributed by atoms with van der Waals surface area (Å²) < 4.78 is 5.48. The molecule has 0 aromatic carbocycles. The van der Waals surface area contributed by atoms with Gasteiger partial charge < -0.3 is 10.5 Å². The molecular weight excluding hydrogens is 114 g/mol. The fourth-order valence-electron chi connectivity index (χ4n) is 1.44. The number of ether oxygens (including phenoxy) is 1. The van der Waals surface area contributed by atoms with Crippen LogP contribution in [-0.4, -0.2) is 18.8 Å². The van der Waals surface area contributed by atoms with Crippen molar-refractivity contribution in [3.63, 3.8) is 0 Å². The van der Waals surface area contributed by atoms with Crippen molar-refractivity contribution in [1.82, 2.24) is 0 Å². The molecule has 2 heteroatoms. The normalized spacial score (nSPS) is 43.7. The molecule has 0 bridgehead atoms. The monoisotopic (exact) mass is 129 g/mol. The van der Waals surface area contributed by atoms with E-state index in [9.17, 15) is 0 Å². The first-order valence-corrected chi connectivity index (χ1v) is 3.59. The van der Waals surface area contributed by atoms with Gasteiger partial charge in [0, 0.05) is 0 Å². The van der Waals surface area contributed by atoms with E-state index in [0.29, 0.717) is 18.1 Å². The third kappa shape index (κ3) is 1.43. The summed E-state index contributed by atoms with van der Waals surface area (Å²) in [5, 5.41) is 0. The summed E-state index contributed by atoms with van der Waals surface area (Å²) in [5.41, 5.74) is 5.51. The van der Waals surface area contributed by atoms with E-state index in [0.717, 1.165) is 13.0 Å². The fraction of sp³-hybridized carbons (Fsp3) is 1.00. The Morgan fingerprint density at radius 2 is 2.22 bits per heavy atom. The van der Waals surface area contributed by atoms with Gasteiger partial charge in [-0.05, 0) is 32.7 Å². The first-order chi connectivity index (χ1) is 4.24. The van der Waals surface area contributed by atoms with Gasteiger partial charge in [0.2, 0.25) is 0 Å². The Morgan fingerprint density at radius 1 is 1.56 bits per heavy atom. The Hall–Kier alpha value is -0.0800. The molecule has 54 valence electrons. The molecular formula is C7H15NO. The van der Waals surface area contributed by atoms with Gasteiger partial charge in [0.1, 0.15) is 0 Å². The van der Waals surface area contributed by atoms with Crippen LogP contribution >= 0.6 is 0 Å². The molecule has 1 aliphatic rings. The van der Waals surface area contributed by atoms with E-state index in [1.807, 2.05) is 0 Å². The summed E-state index contributed by atoms with van der Waals surface area (Å²) >= 11 is 0. The highest BCUT2D eigenvalue weighted by Crippen LogP contribution is 2.24.